The number of aromatic nitrogens is 2. The fourth-order valence-corrected chi connectivity index (χ4v) is 3.71. The Bertz CT molecular complexity index is 1200. The van der Waals surface area contributed by atoms with Crippen molar-refractivity contribution in [1.29, 1.82) is 0 Å². The number of carbonyl (C=O) groups is 1. The Labute approximate surface area is 165 Å². The molecular weight excluding hydrogens is 377 g/mol. The van der Waals surface area contributed by atoms with Gasteiger partial charge >= 0.3 is 5.97 Å². The summed E-state index contributed by atoms with van der Waals surface area (Å²) in [5, 5.41) is 12.4. The number of benzene rings is 1. The van der Waals surface area contributed by atoms with Crippen molar-refractivity contribution in [1.82, 2.24) is 9.55 Å². The van der Waals surface area contributed by atoms with Gasteiger partial charge in [-0.25, -0.2) is 14.2 Å². The van der Waals surface area contributed by atoms with Crippen LogP contribution in [0.3, 0.4) is 0 Å². The maximum Gasteiger partial charge on any atom is 0.341 e. The Kier molecular flexibility index (Phi) is 4.49. The van der Waals surface area contributed by atoms with Gasteiger partial charge in [-0.15, -0.1) is 0 Å². The van der Waals surface area contributed by atoms with Crippen LogP contribution in [-0.2, 0) is 6.54 Å². The van der Waals surface area contributed by atoms with Crippen LogP contribution in [0.4, 0.5) is 10.2 Å². The molecule has 4 rings (SSSR count). The van der Waals surface area contributed by atoms with Crippen LogP contribution in [0.2, 0.25) is 0 Å². The summed E-state index contributed by atoms with van der Waals surface area (Å²) in [6.07, 6.45) is 1.31. The number of pyridine rings is 2. The van der Waals surface area contributed by atoms with Crippen molar-refractivity contribution in [3.05, 3.63) is 62.8 Å². The van der Waals surface area contributed by atoms with Crippen molar-refractivity contribution in [3.63, 3.8) is 0 Å². The average Bonchev–Trinajstić information content (AvgIpc) is 2.64. The number of anilines is 1. The molecule has 29 heavy (non-hydrogen) atoms. The van der Waals surface area contributed by atoms with Gasteiger partial charge in [-0.2, -0.15) is 0 Å². The minimum Gasteiger partial charge on any atom is -0.489 e. The topological polar surface area (TPSA) is 93.5 Å². The van der Waals surface area contributed by atoms with Gasteiger partial charge in [0.2, 0.25) is 5.43 Å². The molecule has 0 radical (unpaired) electrons. The predicted octanol–water partition coefficient (Wildman–Crippen LogP) is 3.42. The van der Waals surface area contributed by atoms with Crippen LogP contribution in [0.1, 0.15) is 40.1 Å². The fourth-order valence-electron chi connectivity index (χ4n) is 3.71. The van der Waals surface area contributed by atoms with Crippen molar-refractivity contribution in [2.24, 2.45) is 0 Å². The highest BCUT2D eigenvalue weighted by atomic mass is 19.1. The van der Waals surface area contributed by atoms with Crippen LogP contribution < -0.4 is 15.5 Å². The standard InChI is InChI=1S/C21H20FN3O4/c1-10-4-11(2)24-17(5-10)23-7-14-16(22)6-13-18-20(14)29-9-12(3)25(18)8-15(19(13)26)21(27)28/h4-6,8,12H,7,9H2,1-3H3,(H,23,24)(H,27,28)/t12-/m0/s1. The highest BCUT2D eigenvalue weighted by Gasteiger charge is 2.27. The second-order valence-electron chi connectivity index (χ2n) is 7.33. The van der Waals surface area contributed by atoms with E-state index in [0.717, 1.165) is 17.3 Å². The molecule has 0 bridgehead atoms. The Hall–Kier alpha value is -3.42. The zero-order valence-corrected chi connectivity index (χ0v) is 16.2. The quantitative estimate of drug-likeness (QED) is 0.701. The minimum atomic E-state index is -1.34. The van der Waals surface area contributed by atoms with Crippen molar-refractivity contribution in [3.8, 4) is 5.75 Å². The summed E-state index contributed by atoms with van der Waals surface area (Å²) in [5.74, 6) is -1.11. The van der Waals surface area contributed by atoms with Gasteiger partial charge in [0.25, 0.3) is 0 Å². The van der Waals surface area contributed by atoms with E-state index in [9.17, 15) is 19.1 Å². The molecular formula is C21H20FN3O4. The fraction of sp³-hybridized carbons (Fsp3) is 0.286. The maximum atomic E-state index is 15.0. The molecule has 0 amide bonds. The zero-order valence-electron chi connectivity index (χ0n) is 16.2. The molecule has 8 heteroatoms. The van der Waals surface area contributed by atoms with E-state index in [1.807, 2.05) is 32.9 Å². The molecule has 0 fully saturated rings. The van der Waals surface area contributed by atoms with E-state index in [1.54, 1.807) is 4.57 Å². The smallest absolute Gasteiger partial charge is 0.341 e. The van der Waals surface area contributed by atoms with E-state index in [-0.39, 0.29) is 41.5 Å². The Morgan fingerprint density at radius 2 is 2.14 bits per heavy atom. The monoisotopic (exact) mass is 397 g/mol. The molecule has 1 aromatic carbocycles. The normalized spacial score (nSPS) is 15.2. The highest BCUT2D eigenvalue weighted by Crippen LogP contribution is 2.36. The first-order valence-electron chi connectivity index (χ1n) is 9.21. The Morgan fingerprint density at radius 1 is 1.38 bits per heavy atom. The van der Waals surface area contributed by atoms with Crippen LogP contribution >= 0.6 is 0 Å². The van der Waals surface area contributed by atoms with Gasteiger partial charge in [0, 0.05) is 18.4 Å². The van der Waals surface area contributed by atoms with Crippen molar-refractivity contribution < 1.29 is 19.0 Å². The molecule has 2 aromatic heterocycles. The first-order chi connectivity index (χ1) is 13.8. The van der Waals surface area contributed by atoms with Crippen LogP contribution in [0, 0.1) is 19.7 Å². The van der Waals surface area contributed by atoms with E-state index in [1.165, 1.54) is 6.20 Å². The summed E-state index contributed by atoms with van der Waals surface area (Å²) in [5.41, 5.74) is 1.43. The number of hydrogen-bond acceptors (Lipinski definition) is 5. The van der Waals surface area contributed by atoms with Gasteiger partial charge in [0.05, 0.1) is 22.5 Å². The molecule has 0 spiro atoms. The van der Waals surface area contributed by atoms with Crippen LogP contribution in [0.5, 0.6) is 5.75 Å². The second-order valence-corrected chi connectivity index (χ2v) is 7.33. The van der Waals surface area contributed by atoms with Crippen molar-refractivity contribution in [2.45, 2.75) is 33.4 Å². The lowest BCUT2D eigenvalue weighted by Gasteiger charge is -2.28. The maximum absolute atomic E-state index is 15.0. The summed E-state index contributed by atoms with van der Waals surface area (Å²) in [7, 11) is 0. The molecule has 0 saturated carbocycles. The molecule has 1 aliphatic heterocycles. The first-order valence-corrected chi connectivity index (χ1v) is 9.21. The van der Waals surface area contributed by atoms with Crippen molar-refractivity contribution in [2.75, 3.05) is 11.9 Å². The second kappa shape index (κ2) is 6.88. The van der Waals surface area contributed by atoms with Crippen LogP contribution in [0.15, 0.2) is 29.2 Å². The summed E-state index contributed by atoms with van der Waals surface area (Å²) >= 11 is 0. The number of halogens is 1. The SMILES string of the molecule is Cc1cc(C)nc(NCc2c(F)cc3c(=O)c(C(=O)O)cn4c3c2OC[C@@H]4C)c1. The molecule has 0 saturated heterocycles. The number of rotatable bonds is 4. The number of hydrogen-bond donors (Lipinski definition) is 2. The Morgan fingerprint density at radius 3 is 2.83 bits per heavy atom. The van der Waals surface area contributed by atoms with Gasteiger partial charge in [-0.05, 0) is 44.5 Å². The lowest BCUT2D eigenvalue weighted by atomic mass is 10.0. The Balaban J connectivity index is 1.86. The number of ether oxygens (including phenoxy) is 1. The summed E-state index contributed by atoms with van der Waals surface area (Å²) in [4.78, 5) is 28.4. The third-order valence-electron chi connectivity index (χ3n) is 5.04. The van der Waals surface area contributed by atoms with Gasteiger partial charge in [0.1, 0.15) is 23.8 Å². The number of carboxylic acid groups (broad SMARTS) is 1. The summed E-state index contributed by atoms with van der Waals surface area (Å²) in [6.45, 7) is 6.02. The van der Waals surface area contributed by atoms with Gasteiger partial charge < -0.3 is 19.7 Å². The number of nitrogens with zero attached hydrogens (tertiary/aromatic N) is 2. The molecule has 0 aliphatic carbocycles. The van der Waals surface area contributed by atoms with E-state index in [0.29, 0.717) is 11.3 Å². The summed E-state index contributed by atoms with van der Waals surface area (Å²) in [6, 6.07) is 4.69. The number of aryl methyl sites for hydroxylation is 2. The largest absolute Gasteiger partial charge is 0.489 e. The molecule has 7 nitrogen and oxygen atoms in total. The van der Waals surface area contributed by atoms with Crippen LogP contribution in [-0.4, -0.2) is 27.2 Å². The zero-order chi connectivity index (χ0) is 20.9. The molecule has 1 atom stereocenters. The lowest BCUT2D eigenvalue weighted by molar-refractivity contribution is 0.0694. The molecule has 3 heterocycles. The summed E-state index contributed by atoms with van der Waals surface area (Å²) < 4.78 is 22.4. The van der Waals surface area contributed by atoms with Crippen molar-refractivity contribution >= 4 is 22.7 Å². The molecule has 0 unspecified atom stereocenters. The lowest BCUT2D eigenvalue weighted by Crippen LogP contribution is -2.27. The predicted molar refractivity (Wildman–Crippen MR) is 106 cm³/mol. The molecule has 3 aromatic rings. The molecule has 2 N–H and O–H groups in total. The minimum absolute atomic E-state index is 0.00257. The molecule has 1 aliphatic rings. The van der Waals surface area contributed by atoms with E-state index < -0.39 is 17.2 Å². The third kappa shape index (κ3) is 3.20. The van der Waals surface area contributed by atoms with Gasteiger partial charge in [0.15, 0.2) is 5.75 Å². The van der Waals surface area contributed by atoms with E-state index in [2.05, 4.69) is 10.3 Å². The first kappa shape index (κ1) is 18.9. The van der Waals surface area contributed by atoms with Crippen LogP contribution in [0.25, 0.3) is 10.9 Å². The number of nitrogens with one attached hydrogen (secondary N) is 1. The third-order valence-corrected chi connectivity index (χ3v) is 5.04. The number of aromatic carboxylic acids is 1. The molecule has 150 valence electrons. The van der Waals surface area contributed by atoms with Gasteiger partial charge in [-0.3, -0.25) is 4.79 Å². The van der Waals surface area contributed by atoms with E-state index >= 15 is 0 Å². The van der Waals surface area contributed by atoms with E-state index in [4.69, 9.17) is 4.74 Å². The highest BCUT2D eigenvalue weighted by molar-refractivity contribution is 5.95. The van der Waals surface area contributed by atoms with Gasteiger partial charge in [-0.1, -0.05) is 0 Å². The average molecular weight is 397 g/mol. The number of carboxylic acids is 1.